The highest BCUT2D eigenvalue weighted by atomic mass is 32.2. The van der Waals surface area contributed by atoms with E-state index in [0.717, 1.165) is 6.42 Å². The molecule has 0 saturated carbocycles. The summed E-state index contributed by atoms with van der Waals surface area (Å²) in [6.07, 6.45) is 1.37. The Bertz CT molecular complexity index is 832. The number of rotatable bonds is 5. The number of sulfonamides is 1. The van der Waals surface area contributed by atoms with Crippen LogP contribution in [0.1, 0.15) is 32.3 Å². The number of hydrogen-bond acceptors (Lipinski definition) is 4. The first kappa shape index (κ1) is 17.9. The van der Waals surface area contributed by atoms with E-state index in [0.29, 0.717) is 30.8 Å². The molecular weight excluding hydrogens is 342 g/mol. The van der Waals surface area contributed by atoms with E-state index in [1.165, 1.54) is 17.4 Å². The quantitative estimate of drug-likeness (QED) is 0.848. The Morgan fingerprint density at radius 3 is 2.64 bits per heavy atom. The highest BCUT2D eigenvalue weighted by molar-refractivity contribution is 7.89. The second-order valence-corrected chi connectivity index (χ2v) is 9.14. The predicted molar refractivity (Wildman–Crippen MR) is 93.7 cm³/mol. The molecule has 2 aliphatic rings. The molecule has 2 amide bonds. The molecule has 8 heteroatoms. The predicted octanol–water partition coefficient (Wildman–Crippen LogP) is 1.16. The summed E-state index contributed by atoms with van der Waals surface area (Å²) >= 11 is 0. The third-order valence-electron chi connectivity index (χ3n) is 5.04. The Kier molecular flexibility index (Phi) is 4.36. The maximum Gasteiger partial charge on any atom is 0.242 e. The molecule has 1 saturated heterocycles. The van der Waals surface area contributed by atoms with E-state index in [2.05, 4.69) is 5.32 Å². The Balaban J connectivity index is 1.80. The van der Waals surface area contributed by atoms with Gasteiger partial charge in [0.1, 0.15) is 0 Å². The summed E-state index contributed by atoms with van der Waals surface area (Å²) in [5, 5.41) is 2.77. The van der Waals surface area contributed by atoms with Gasteiger partial charge in [0.25, 0.3) is 0 Å². The van der Waals surface area contributed by atoms with Crippen molar-refractivity contribution in [3.8, 4) is 0 Å². The van der Waals surface area contributed by atoms with Crippen LogP contribution in [0.25, 0.3) is 0 Å². The van der Waals surface area contributed by atoms with E-state index >= 15 is 0 Å². The van der Waals surface area contributed by atoms with Gasteiger partial charge in [-0.1, -0.05) is 0 Å². The molecule has 7 nitrogen and oxygen atoms in total. The first-order chi connectivity index (χ1) is 11.6. The van der Waals surface area contributed by atoms with Crippen molar-refractivity contribution in [2.24, 2.45) is 0 Å². The molecule has 1 aromatic rings. The van der Waals surface area contributed by atoms with E-state index < -0.39 is 15.4 Å². The smallest absolute Gasteiger partial charge is 0.242 e. The van der Waals surface area contributed by atoms with Gasteiger partial charge in [-0.3, -0.25) is 9.59 Å². The van der Waals surface area contributed by atoms with E-state index in [1.807, 2.05) is 0 Å². The number of benzene rings is 1. The number of carbonyl (C=O) groups is 2. The van der Waals surface area contributed by atoms with E-state index in [-0.39, 0.29) is 23.3 Å². The lowest BCUT2D eigenvalue weighted by Gasteiger charge is -2.22. The number of likely N-dealkylation sites (N-methyl/N-ethyl adjacent to an activating group) is 1. The fraction of sp³-hybridized carbons (Fsp3) is 0.529. The minimum atomic E-state index is -3.68. The minimum absolute atomic E-state index is 0.0784. The summed E-state index contributed by atoms with van der Waals surface area (Å²) in [5.41, 5.74) is 0.572. The Labute approximate surface area is 148 Å². The third-order valence-corrected chi connectivity index (χ3v) is 6.90. The van der Waals surface area contributed by atoms with Crippen LogP contribution in [0, 0.1) is 0 Å². The van der Waals surface area contributed by atoms with Gasteiger partial charge < -0.3 is 10.2 Å². The summed E-state index contributed by atoms with van der Waals surface area (Å²) in [6, 6.07) is 4.71. The van der Waals surface area contributed by atoms with E-state index in [1.54, 1.807) is 30.9 Å². The topological polar surface area (TPSA) is 86.8 Å². The van der Waals surface area contributed by atoms with Gasteiger partial charge in [0.2, 0.25) is 21.8 Å². The number of carbonyl (C=O) groups excluding carboxylic acids is 2. The zero-order valence-electron chi connectivity index (χ0n) is 14.7. The van der Waals surface area contributed by atoms with Crippen LogP contribution in [-0.4, -0.2) is 56.1 Å². The number of anilines is 1. The lowest BCUT2D eigenvalue weighted by atomic mass is 9.86. The molecule has 1 fully saturated rings. The lowest BCUT2D eigenvalue weighted by molar-refractivity contribution is -0.127. The molecule has 2 heterocycles. The average Bonchev–Trinajstić information content (AvgIpc) is 3.06. The van der Waals surface area contributed by atoms with Gasteiger partial charge in [0, 0.05) is 38.8 Å². The summed E-state index contributed by atoms with van der Waals surface area (Å²) in [4.78, 5) is 25.5. The first-order valence-electron chi connectivity index (χ1n) is 8.34. The fourth-order valence-electron chi connectivity index (χ4n) is 3.21. The normalized spacial score (nSPS) is 19.4. The van der Waals surface area contributed by atoms with Gasteiger partial charge >= 0.3 is 0 Å². The number of nitrogens with zero attached hydrogens (tertiary/aromatic N) is 2. The molecule has 136 valence electrons. The van der Waals surface area contributed by atoms with E-state index in [4.69, 9.17) is 0 Å². The molecule has 1 aromatic carbocycles. The van der Waals surface area contributed by atoms with Crippen LogP contribution in [0.3, 0.4) is 0 Å². The number of likely N-dealkylation sites (tertiary alicyclic amines) is 1. The molecule has 0 aromatic heterocycles. The van der Waals surface area contributed by atoms with Gasteiger partial charge in [0.15, 0.2) is 0 Å². The summed E-state index contributed by atoms with van der Waals surface area (Å²) in [5.74, 6) is -0.0624. The van der Waals surface area contributed by atoms with Crippen molar-refractivity contribution in [1.82, 2.24) is 9.21 Å². The highest BCUT2D eigenvalue weighted by Gasteiger charge is 2.39. The van der Waals surface area contributed by atoms with Gasteiger partial charge in [-0.15, -0.1) is 0 Å². The second-order valence-electron chi connectivity index (χ2n) is 7.10. The zero-order chi connectivity index (χ0) is 18.4. The molecule has 0 unspecified atom stereocenters. The van der Waals surface area contributed by atoms with Crippen molar-refractivity contribution in [2.75, 3.05) is 32.0 Å². The lowest BCUT2D eigenvalue weighted by Crippen LogP contribution is -2.37. The van der Waals surface area contributed by atoms with Crippen LogP contribution in [0.15, 0.2) is 23.1 Å². The first-order valence-corrected chi connectivity index (χ1v) is 9.78. The number of nitrogens with one attached hydrogen (secondary N) is 1. The van der Waals surface area contributed by atoms with Crippen LogP contribution in [-0.2, 0) is 25.0 Å². The van der Waals surface area contributed by atoms with Crippen molar-refractivity contribution in [2.45, 2.75) is 37.0 Å². The van der Waals surface area contributed by atoms with Crippen molar-refractivity contribution in [1.29, 1.82) is 0 Å². The maximum atomic E-state index is 12.8. The van der Waals surface area contributed by atoms with Crippen molar-refractivity contribution < 1.29 is 18.0 Å². The Hall–Kier alpha value is -1.93. The van der Waals surface area contributed by atoms with Gasteiger partial charge in [0.05, 0.1) is 10.3 Å². The van der Waals surface area contributed by atoms with Crippen molar-refractivity contribution in [3.05, 3.63) is 23.8 Å². The minimum Gasteiger partial charge on any atom is -0.341 e. The molecular formula is C17H23N3O4S. The van der Waals surface area contributed by atoms with E-state index in [9.17, 15) is 18.0 Å². The van der Waals surface area contributed by atoms with Gasteiger partial charge in [-0.25, -0.2) is 8.42 Å². The molecule has 1 N–H and O–H groups in total. The molecule has 0 atom stereocenters. The van der Waals surface area contributed by atoms with Gasteiger partial charge in [-0.05, 0) is 44.0 Å². The Morgan fingerprint density at radius 2 is 2.00 bits per heavy atom. The fourth-order valence-corrected chi connectivity index (χ4v) is 4.40. The average molecular weight is 365 g/mol. The van der Waals surface area contributed by atoms with Crippen molar-refractivity contribution in [3.63, 3.8) is 0 Å². The van der Waals surface area contributed by atoms with Gasteiger partial charge in [-0.2, -0.15) is 4.31 Å². The highest BCUT2D eigenvalue weighted by Crippen LogP contribution is 2.38. The Morgan fingerprint density at radius 1 is 1.28 bits per heavy atom. The van der Waals surface area contributed by atoms with Crippen LogP contribution < -0.4 is 5.32 Å². The molecule has 2 aliphatic heterocycles. The molecule has 0 bridgehead atoms. The summed E-state index contributed by atoms with van der Waals surface area (Å²) < 4.78 is 26.9. The van der Waals surface area contributed by atoms with Crippen LogP contribution >= 0.6 is 0 Å². The zero-order valence-corrected chi connectivity index (χ0v) is 15.5. The van der Waals surface area contributed by atoms with Crippen LogP contribution in [0.2, 0.25) is 0 Å². The van der Waals surface area contributed by atoms with Crippen LogP contribution in [0.5, 0.6) is 0 Å². The third kappa shape index (κ3) is 3.04. The maximum absolute atomic E-state index is 12.8. The number of amides is 2. The monoisotopic (exact) mass is 365 g/mol. The second kappa shape index (κ2) is 6.10. The summed E-state index contributed by atoms with van der Waals surface area (Å²) in [7, 11) is -2.17. The molecule has 0 aliphatic carbocycles. The van der Waals surface area contributed by atoms with Crippen molar-refractivity contribution >= 4 is 27.5 Å². The molecule has 0 spiro atoms. The standard InChI is InChI=1S/C17H23N3O4S/c1-17(2)13-11-12(6-7-14(13)18-16(17)22)25(23,24)19(3)9-10-20-8-4-5-15(20)21/h6-7,11H,4-5,8-10H2,1-3H3,(H,18,22). The summed E-state index contributed by atoms with van der Waals surface area (Å²) in [6.45, 7) is 4.87. The molecule has 3 rings (SSSR count). The molecule has 25 heavy (non-hydrogen) atoms. The largest absolute Gasteiger partial charge is 0.341 e. The number of hydrogen-bond donors (Lipinski definition) is 1. The number of fused-ring (bicyclic) bond motifs is 1. The molecule has 0 radical (unpaired) electrons. The van der Waals surface area contributed by atoms with Crippen LogP contribution in [0.4, 0.5) is 5.69 Å². The SMILES string of the molecule is CN(CCN1CCCC1=O)S(=O)(=O)c1ccc2c(c1)C(C)(C)C(=O)N2.